The maximum Gasteiger partial charge on any atom is 0.407 e. The van der Waals surface area contributed by atoms with Crippen LogP contribution in [-0.4, -0.2) is 78.6 Å². The van der Waals surface area contributed by atoms with Crippen LogP contribution in [-0.2, 0) is 9.47 Å². The molecule has 1 spiro atoms. The summed E-state index contributed by atoms with van der Waals surface area (Å²) in [5.41, 5.74) is 4.13. The van der Waals surface area contributed by atoms with Crippen molar-refractivity contribution in [3.63, 3.8) is 0 Å². The molecule has 6 heteroatoms. The monoisotopic (exact) mass is 398 g/mol. The Hall–Kier alpha value is -1.89. The summed E-state index contributed by atoms with van der Waals surface area (Å²) in [7, 11) is 0. The van der Waals surface area contributed by atoms with Crippen molar-refractivity contribution in [2.24, 2.45) is 0 Å². The molecule has 4 heterocycles. The van der Waals surface area contributed by atoms with Gasteiger partial charge in [-0.05, 0) is 61.4 Å². The number of hydrogen-bond acceptors (Lipinski definition) is 4. The summed E-state index contributed by atoms with van der Waals surface area (Å²) in [6, 6.07) is 9.34. The number of carbonyl (C=O) groups is 1. The summed E-state index contributed by atoms with van der Waals surface area (Å²) in [5.74, 6) is 0.605. The van der Waals surface area contributed by atoms with Crippen LogP contribution in [0.5, 0.6) is 0 Å². The number of ether oxygens (including phenoxy) is 2. The molecule has 1 atom stereocenters. The van der Waals surface area contributed by atoms with Gasteiger partial charge in [0.1, 0.15) is 5.60 Å². The Morgan fingerprint density at radius 3 is 2.69 bits per heavy atom. The van der Waals surface area contributed by atoms with Gasteiger partial charge in [0.05, 0.1) is 32.9 Å². The molecule has 6 nitrogen and oxygen atoms in total. The summed E-state index contributed by atoms with van der Waals surface area (Å²) in [6.45, 7) is 5.53. The number of piperidine rings is 1. The van der Waals surface area contributed by atoms with Gasteiger partial charge in [-0.25, -0.2) is 4.79 Å². The molecular formula is C23H30N2O4. The highest BCUT2D eigenvalue weighted by Gasteiger charge is 2.52. The number of nitrogens with zero attached hydrogens (tertiary/aromatic N) is 2. The molecule has 1 N–H and O–H groups in total. The zero-order valence-electron chi connectivity index (χ0n) is 16.9. The SMILES string of the molecule is O=C(O)N1CC2(C[C@H](N3CCC(c4ccccc4C4=CCOCC4)CC3)CO2)C1. The highest BCUT2D eigenvalue weighted by molar-refractivity contribution is 5.69. The van der Waals surface area contributed by atoms with E-state index in [1.165, 1.54) is 34.4 Å². The third kappa shape index (κ3) is 3.69. The number of amides is 1. The van der Waals surface area contributed by atoms with Crippen molar-refractivity contribution in [3.8, 4) is 0 Å². The molecule has 3 fully saturated rings. The van der Waals surface area contributed by atoms with Crippen molar-refractivity contribution in [3.05, 3.63) is 41.5 Å². The minimum Gasteiger partial charge on any atom is -0.465 e. The van der Waals surface area contributed by atoms with Gasteiger partial charge in [0.15, 0.2) is 0 Å². The van der Waals surface area contributed by atoms with Crippen LogP contribution < -0.4 is 0 Å². The predicted molar refractivity (Wildman–Crippen MR) is 110 cm³/mol. The Balaban J connectivity index is 1.20. The van der Waals surface area contributed by atoms with Crippen molar-refractivity contribution in [1.29, 1.82) is 0 Å². The number of carboxylic acid groups (broad SMARTS) is 1. The van der Waals surface area contributed by atoms with Gasteiger partial charge in [0.25, 0.3) is 0 Å². The minimum absolute atomic E-state index is 0.220. The lowest BCUT2D eigenvalue weighted by atomic mass is 9.82. The van der Waals surface area contributed by atoms with E-state index in [4.69, 9.17) is 14.6 Å². The van der Waals surface area contributed by atoms with E-state index in [9.17, 15) is 4.79 Å². The van der Waals surface area contributed by atoms with Crippen LogP contribution in [0.2, 0.25) is 0 Å². The molecule has 156 valence electrons. The van der Waals surface area contributed by atoms with Crippen molar-refractivity contribution in [1.82, 2.24) is 9.80 Å². The Labute approximate surface area is 172 Å². The van der Waals surface area contributed by atoms with Gasteiger partial charge in [0, 0.05) is 6.04 Å². The summed E-state index contributed by atoms with van der Waals surface area (Å²) >= 11 is 0. The lowest BCUT2D eigenvalue weighted by Crippen LogP contribution is -2.63. The number of rotatable bonds is 3. The van der Waals surface area contributed by atoms with E-state index in [2.05, 4.69) is 35.2 Å². The Kier molecular flexibility index (Phi) is 5.10. The number of hydrogen-bond donors (Lipinski definition) is 1. The molecule has 29 heavy (non-hydrogen) atoms. The third-order valence-corrected chi connectivity index (χ3v) is 7.17. The fourth-order valence-corrected chi connectivity index (χ4v) is 5.55. The summed E-state index contributed by atoms with van der Waals surface area (Å²) < 4.78 is 11.6. The van der Waals surface area contributed by atoms with E-state index in [1.54, 1.807) is 0 Å². The molecule has 0 radical (unpaired) electrons. The first-order valence-corrected chi connectivity index (χ1v) is 10.9. The molecule has 0 bridgehead atoms. The van der Waals surface area contributed by atoms with E-state index < -0.39 is 6.09 Å². The second-order valence-electron chi connectivity index (χ2n) is 8.94. The first-order valence-electron chi connectivity index (χ1n) is 10.9. The van der Waals surface area contributed by atoms with E-state index in [-0.39, 0.29) is 5.60 Å². The molecule has 0 unspecified atom stereocenters. The Bertz CT molecular complexity index is 794. The highest BCUT2D eigenvalue weighted by Crippen LogP contribution is 2.40. The molecule has 0 aromatic heterocycles. The van der Waals surface area contributed by atoms with Crippen LogP contribution in [0.4, 0.5) is 4.79 Å². The summed E-state index contributed by atoms with van der Waals surface area (Å²) in [6.07, 6.45) is 5.72. The molecule has 1 aromatic carbocycles. The zero-order chi connectivity index (χ0) is 19.8. The molecule has 0 aliphatic carbocycles. The lowest BCUT2D eigenvalue weighted by molar-refractivity contribution is -0.0982. The second kappa shape index (κ2) is 7.74. The Morgan fingerprint density at radius 1 is 1.17 bits per heavy atom. The number of likely N-dealkylation sites (tertiary alicyclic amines) is 2. The van der Waals surface area contributed by atoms with Crippen LogP contribution in [0, 0.1) is 0 Å². The first-order chi connectivity index (χ1) is 14.1. The van der Waals surface area contributed by atoms with E-state index in [0.29, 0.717) is 25.0 Å². The van der Waals surface area contributed by atoms with Gasteiger partial charge in [-0.1, -0.05) is 30.3 Å². The van der Waals surface area contributed by atoms with Crippen molar-refractivity contribution < 1.29 is 19.4 Å². The van der Waals surface area contributed by atoms with Gasteiger partial charge in [-0.15, -0.1) is 0 Å². The van der Waals surface area contributed by atoms with Crippen LogP contribution in [0.25, 0.3) is 5.57 Å². The lowest BCUT2D eigenvalue weighted by Gasteiger charge is -2.45. The van der Waals surface area contributed by atoms with Gasteiger partial charge in [-0.2, -0.15) is 0 Å². The molecule has 4 aliphatic heterocycles. The average molecular weight is 399 g/mol. The van der Waals surface area contributed by atoms with Crippen molar-refractivity contribution >= 4 is 11.7 Å². The van der Waals surface area contributed by atoms with Gasteiger partial charge < -0.3 is 19.5 Å². The maximum absolute atomic E-state index is 11.1. The molecule has 1 aromatic rings. The number of benzene rings is 1. The largest absolute Gasteiger partial charge is 0.465 e. The van der Waals surface area contributed by atoms with Gasteiger partial charge in [0.2, 0.25) is 0 Å². The van der Waals surface area contributed by atoms with Gasteiger partial charge in [-0.3, -0.25) is 4.90 Å². The van der Waals surface area contributed by atoms with Gasteiger partial charge >= 0.3 is 6.09 Å². The highest BCUT2D eigenvalue weighted by atomic mass is 16.5. The van der Waals surface area contributed by atoms with E-state index >= 15 is 0 Å². The third-order valence-electron chi connectivity index (χ3n) is 7.17. The second-order valence-corrected chi connectivity index (χ2v) is 8.94. The molecular weight excluding hydrogens is 368 g/mol. The summed E-state index contributed by atoms with van der Waals surface area (Å²) in [4.78, 5) is 15.1. The normalized spacial score (nSPS) is 27.7. The predicted octanol–water partition coefficient (Wildman–Crippen LogP) is 3.19. The quantitative estimate of drug-likeness (QED) is 0.847. The average Bonchev–Trinajstić information content (AvgIpc) is 3.19. The standard InChI is InChI=1S/C23H30N2O4/c26-22(27)25-15-23(16-25)13-19(14-29-23)24-9-5-17(6-10-24)20-3-1-2-4-21(20)18-7-11-28-12-8-18/h1-4,7,17,19H,5-6,8-16H2,(H,26,27)/t19-/m0/s1. The van der Waals surface area contributed by atoms with Crippen LogP contribution in [0.3, 0.4) is 0 Å². The molecule has 5 rings (SSSR count). The molecule has 0 saturated carbocycles. The Morgan fingerprint density at radius 2 is 1.97 bits per heavy atom. The van der Waals surface area contributed by atoms with Crippen LogP contribution >= 0.6 is 0 Å². The fourth-order valence-electron chi connectivity index (χ4n) is 5.55. The van der Waals surface area contributed by atoms with Crippen molar-refractivity contribution in [2.75, 3.05) is 46.0 Å². The van der Waals surface area contributed by atoms with Crippen LogP contribution in [0.15, 0.2) is 30.3 Å². The maximum atomic E-state index is 11.1. The molecule has 3 saturated heterocycles. The van der Waals surface area contributed by atoms with Crippen molar-refractivity contribution in [2.45, 2.75) is 43.2 Å². The molecule has 4 aliphatic rings. The first kappa shape index (κ1) is 19.1. The smallest absolute Gasteiger partial charge is 0.407 e. The van der Waals surface area contributed by atoms with E-state index in [0.717, 1.165) is 45.8 Å². The molecule has 1 amide bonds. The summed E-state index contributed by atoms with van der Waals surface area (Å²) in [5, 5.41) is 9.09. The fraction of sp³-hybridized carbons (Fsp3) is 0.609. The van der Waals surface area contributed by atoms with Crippen LogP contribution in [0.1, 0.15) is 42.7 Å². The topological polar surface area (TPSA) is 62.2 Å². The van der Waals surface area contributed by atoms with E-state index in [1.807, 2.05) is 0 Å². The minimum atomic E-state index is -0.832. The zero-order valence-corrected chi connectivity index (χ0v) is 16.9.